The predicted octanol–water partition coefficient (Wildman–Crippen LogP) is 2.79. The molecule has 2 heterocycles. The van der Waals surface area contributed by atoms with Gasteiger partial charge in [0, 0.05) is 48.9 Å². The van der Waals surface area contributed by atoms with E-state index in [2.05, 4.69) is 20.3 Å². The molecule has 0 saturated heterocycles. The molecule has 0 aliphatic rings. The summed E-state index contributed by atoms with van der Waals surface area (Å²) in [6.45, 7) is 1.05. The fourth-order valence-electron chi connectivity index (χ4n) is 3.58. The van der Waals surface area contributed by atoms with Gasteiger partial charge in [0.1, 0.15) is 28.6 Å². The zero-order valence-corrected chi connectivity index (χ0v) is 21.6. The molecule has 0 saturated carbocycles. The fraction of sp³-hybridized carbons (Fsp3) is 0.320. The number of hydrogen-bond acceptors (Lipinski definition) is 10. The van der Waals surface area contributed by atoms with Crippen LogP contribution in [-0.4, -0.2) is 63.4 Å². The number of aryl methyl sites for hydroxylation is 1. The average Bonchev–Trinajstić information content (AvgIpc) is 2.87. The Bertz CT molecular complexity index is 1430. The Labute approximate surface area is 221 Å². The summed E-state index contributed by atoms with van der Waals surface area (Å²) < 4.78 is 49.4. The number of alkyl halides is 3. The third kappa shape index (κ3) is 7.31. The van der Waals surface area contributed by atoms with Gasteiger partial charge >= 0.3 is 6.18 Å². The summed E-state index contributed by atoms with van der Waals surface area (Å²) in [6.07, 6.45) is -3.57. The van der Waals surface area contributed by atoms with E-state index in [0.29, 0.717) is 17.1 Å². The molecule has 0 bridgehead atoms. The van der Waals surface area contributed by atoms with Gasteiger partial charge in [-0.2, -0.15) is 13.2 Å². The van der Waals surface area contributed by atoms with Crippen molar-refractivity contribution in [3.05, 3.63) is 52.8 Å². The SMILES string of the molecule is COc1cc(OC)cc(-c2nc(-c3nc(/C(=C/NC[C@@H](O)CC(F)(F)F)C(C)=N)cnc3N)cn(C)c2=O)c1. The fourth-order valence-corrected chi connectivity index (χ4v) is 3.58. The molecule has 0 aliphatic heterocycles. The molecule has 11 nitrogen and oxygen atoms in total. The second kappa shape index (κ2) is 11.9. The number of ether oxygens (including phenoxy) is 2. The standard InChI is InChI=1S/C25H28F3N7O4/c1-13(29)18(10-31-9-15(36)8-25(26,27)28)19-11-32-23(30)22(33-19)20-12-35(2)24(37)21(34-20)14-5-16(38-3)7-17(6-14)39-4/h5-7,10-12,15,29,31,36H,8-9H2,1-4H3,(H2,30,32)/b18-10+,29-13?/t15-/m0/s1. The third-order valence-corrected chi connectivity index (χ3v) is 5.49. The van der Waals surface area contributed by atoms with Gasteiger partial charge in [-0.3, -0.25) is 4.79 Å². The van der Waals surface area contributed by atoms with Gasteiger partial charge in [0.05, 0.1) is 38.6 Å². The minimum absolute atomic E-state index is 0.00499. The van der Waals surface area contributed by atoms with Crippen LogP contribution in [-0.2, 0) is 7.05 Å². The predicted molar refractivity (Wildman–Crippen MR) is 140 cm³/mol. The Hall–Kier alpha value is -4.46. The Morgan fingerprint density at radius 2 is 1.85 bits per heavy atom. The van der Waals surface area contributed by atoms with E-state index in [9.17, 15) is 23.1 Å². The summed E-state index contributed by atoms with van der Waals surface area (Å²) in [4.78, 5) is 26.1. The van der Waals surface area contributed by atoms with Crippen LogP contribution in [0.25, 0.3) is 28.2 Å². The van der Waals surface area contributed by atoms with E-state index in [1.165, 1.54) is 51.4 Å². The Balaban J connectivity index is 2.04. The Kier molecular flexibility index (Phi) is 8.91. The van der Waals surface area contributed by atoms with E-state index >= 15 is 0 Å². The van der Waals surface area contributed by atoms with E-state index in [4.69, 9.17) is 20.6 Å². The summed E-state index contributed by atoms with van der Waals surface area (Å²) in [5.41, 5.74) is 6.89. The highest BCUT2D eigenvalue weighted by atomic mass is 19.4. The van der Waals surface area contributed by atoms with Crippen LogP contribution < -0.4 is 26.1 Å². The number of aliphatic hydroxyl groups is 1. The highest BCUT2D eigenvalue weighted by Gasteiger charge is 2.30. The third-order valence-electron chi connectivity index (χ3n) is 5.49. The lowest BCUT2D eigenvalue weighted by Crippen LogP contribution is -2.28. The number of nitrogen functional groups attached to an aromatic ring is 1. The number of benzene rings is 1. The second-order valence-electron chi connectivity index (χ2n) is 8.55. The first-order valence-electron chi connectivity index (χ1n) is 11.5. The number of methoxy groups -OCH3 is 2. The number of nitrogens with one attached hydrogen (secondary N) is 2. The topological polar surface area (TPSA) is 161 Å². The van der Waals surface area contributed by atoms with Crippen molar-refractivity contribution in [1.29, 1.82) is 5.41 Å². The zero-order valence-electron chi connectivity index (χ0n) is 21.6. The molecule has 2 aromatic heterocycles. The van der Waals surface area contributed by atoms with E-state index in [-0.39, 0.29) is 39.9 Å². The van der Waals surface area contributed by atoms with Gasteiger partial charge < -0.3 is 35.6 Å². The van der Waals surface area contributed by atoms with Gasteiger partial charge in [-0.15, -0.1) is 0 Å². The summed E-state index contributed by atoms with van der Waals surface area (Å²) in [7, 11) is 4.49. The zero-order chi connectivity index (χ0) is 28.9. The Morgan fingerprint density at radius 1 is 1.21 bits per heavy atom. The van der Waals surface area contributed by atoms with Gasteiger partial charge in [0.15, 0.2) is 5.82 Å². The largest absolute Gasteiger partial charge is 0.497 e. The van der Waals surface area contributed by atoms with Gasteiger partial charge in [-0.1, -0.05) is 0 Å². The second-order valence-corrected chi connectivity index (χ2v) is 8.55. The molecule has 0 unspecified atom stereocenters. The monoisotopic (exact) mass is 547 g/mol. The highest BCUT2D eigenvalue weighted by molar-refractivity contribution is 6.20. The number of allylic oxidation sites excluding steroid dienone is 1. The summed E-state index contributed by atoms with van der Waals surface area (Å²) >= 11 is 0. The van der Waals surface area contributed by atoms with Crippen molar-refractivity contribution in [2.75, 3.05) is 26.5 Å². The smallest absolute Gasteiger partial charge is 0.391 e. The summed E-state index contributed by atoms with van der Waals surface area (Å²) in [5.74, 6) is 0.891. The minimum Gasteiger partial charge on any atom is -0.497 e. The van der Waals surface area contributed by atoms with Crippen molar-refractivity contribution in [2.24, 2.45) is 7.05 Å². The maximum Gasteiger partial charge on any atom is 0.391 e. The normalized spacial score (nSPS) is 12.7. The molecule has 1 atom stereocenters. The van der Waals surface area contributed by atoms with E-state index in [1.54, 1.807) is 18.2 Å². The van der Waals surface area contributed by atoms with E-state index < -0.39 is 30.8 Å². The van der Waals surface area contributed by atoms with Crippen LogP contribution in [0.5, 0.6) is 11.5 Å². The minimum atomic E-state index is -4.51. The molecule has 0 radical (unpaired) electrons. The van der Waals surface area contributed by atoms with Crippen molar-refractivity contribution >= 4 is 17.1 Å². The maximum absolute atomic E-state index is 13.0. The van der Waals surface area contributed by atoms with Crippen LogP contribution in [0.1, 0.15) is 19.0 Å². The van der Waals surface area contributed by atoms with Crippen LogP contribution in [0, 0.1) is 5.41 Å². The molecule has 14 heteroatoms. The lowest BCUT2D eigenvalue weighted by molar-refractivity contribution is -0.152. The quantitative estimate of drug-likeness (QED) is 0.280. The number of aliphatic hydroxyl groups excluding tert-OH is 1. The molecule has 0 aliphatic carbocycles. The van der Waals surface area contributed by atoms with Crippen LogP contribution in [0.15, 0.2) is 41.6 Å². The number of aromatic nitrogens is 4. The molecule has 5 N–H and O–H groups in total. The average molecular weight is 548 g/mol. The maximum atomic E-state index is 13.0. The number of rotatable bonds is 10. The van der Waals surface area contributed by atoms with Gasteiger partial charge in [0.25, 0.3) is 5.56 Å². The molecular weight excluding hydrogens is 519 g/mol. The van der Waals surface area contributed by atoms with Gasteiger partial charge in [-0.25, -0.2) is 15.0 Å². The first kappa shape index (κ1) is 29.1. The van der Waals surface area contributed by atoms with Crippen molar-refractivity contribution in [3.8, 4) is 34.1 Å². The van der Waals surface area contributed by atoms with E-state index in [0.717, 1.165) is 0 Å². The molecular formula is C25H28F3N7O4. The molecule has 0 spiro atoms. The molecule has 208 valence electrons. The number of hydrogen-bond donors (Lipinski definition) is 4. The molecule has 39 heavy (non-hydrogen) atoms. The van der Waals surface area contributed by atoms with Gasteiger partial charge in [0.2, 0.25) is 0 Å². The molecule has 3 rings (SSSR count). The van der Waals surface area contributed by atoms with Gasteiger partial charge in [-0.05, 0) is 19.1 Å². The first-order chi connectivity index (χ1) is 18.3. The van der Waals surface area contributed by atoms with Crippen LogP contribution >= 0.6 is 0 Å². The van der Waals surface area contributed by atoms with Crippen molar-refractivity contribution in [3.63, 3.8) is 0 Å². The Morgan fingerprint density at radius 3 is 2.41 bits per heavy atom. The molecule has 0 amide bonds. The summed E-state index contributed by atoms with van der Waals surface area (Å²) in [6, 6.07) is 4.90. The lowest BCUT2D eigenvalue weighted by Gasteiger charge is -2.14. The summed E-state index contributed by atoms with van der Waals surface area (Å²) in [5, 5.41) is 20.3. The van der Waals surface area contributed by atoms with Crippen LogP contribution in [0.2, 0.25) is 0 Å². The highest BCUT2D eigenvalue weighted by Crippen LogP contribution is 2.29. The first-order valence-corrected chi connectivity index (χ1v) is 11.5. The van der Waals surface area contributed by atoms with Crippen molar-refractivity contribution in [1.82, 2.24) is 24.8 Å². The molecule has 3 aromatic rings. The molecule has 1 aromatic carbocycles. The number of halogens is 3. The van der Waals surface area contributed by atoms with Crippen LogP contribution in [0.4, 0.5) is 19.0 Å². The van der Waals surface area contributed by atoms with E-state index in [1.807, 2.05) is 0 Å². The lowest BCUT2D eigenvalue weighted by atomic mass is 10.1. The number of nitrogens with two attached hydrogens (primary N) is 1. The van der Waals surface area contributed by atoms with Crippen molar-refractivity contribution < 1.29 is 27.8 Å². The van der Waals surface area contributed by atoms with Crippen molar-refractivity contribution in [2.45, 2.75) is 25.6 Å². The number of anilines is 1. The van der Waals surface area contributed by atoms with Crippen LogP contribution in [0.3, 0.4) is 0 Å². The molecule has 0 fully saturated rings. The number of nitrogens with zero attached hydrogens (tertiary/aromatic N) is 4.